The van der Waals surface area contributed by atoms with Crippen LogP contribution in [0.1, 0.15) is 11.1 Å². The fourth-order valence-electron chi connectivity index (χ4n) is 2.68. The van der Waals surface area contributed by atoms with E-state index in [2.05, 4.69) is 20.5 Å². The number of halogens is 1. The van der Waals surface area contributed by atoms with E-state index in [-0.39, 0.29) is 5.89 Å². The second-order valence-corrected chi connectivity index (χ2v) is 6.34. The van der Waals surface area contributed by atoms with Crippen molar-refractivity contribution in [1.29, 1.82) is 0 Å². The molecule has 0 saturated heterocycles. The second-order valence-electron chi connectivity index (χ2n) is 5.90. The Kier molecular flexibility index (Phi) is 3.93. The molecule has 4 rings (SSSR count). The highest BCUT2D eigenvalue weighted by Crippen LogP contribution is 2.29. The molecule has 26 heavy (non-hydrogen) atoms. The smallest absolute Gasteiger partial charge is 0.282 e. The average Bonchev–Trinajstić information content (AvgIpc) is 3.24. The van der Waals surface area contributed by atoms with Gasteiger partial charge in [0.1, 0.15) is 0 Å². The van der Waals surface area contributed by atoms with Gasteiger partial charge in [-0.1, -0.05) is 52.3 Å². The molecule has 0 aliphatic carbocycles. The number of anilines is 1. The minimum Gasteiger partial charge on any atom is -0.382 e. The number of aryl methyl sites for hydroxylation is 2. The number of hydrogen-bond acceptors (Lipinski definition) is 6. The average molecular weight is 367 g/mol. The van der Waals surface area contributed by atoms with E-state index in [0.717, 1.165) is 22.4 Å². The molecule has 0 fully saturated rings. The van der Waals surface area contributed by atoms with Gasteiger partial charge in [-0.25, -0.2) is 0 Å². The summed E-state index contributed by atoms with van der Waals surface area (Å²) in [5.41, 5.74) is 10.2. The van der Waals surface area contributed by atoms with Crippen molar-refractivity contribution in [3.05, 3.63) is 58.6 Å². The zero-order valence-electron chi connectivity index (χ0n) is 14.1. The van der Waals surface area contributed by atoms with E-state index in [4.69, 9.17) is 21.9 Å². The summed E-state index contributed by atoms with van der Waals surface area (Å²) in [6, 6.07) is 13.3. The molecule has 2 aromatic carbocycles. The number of aromatic nitrogens is 5. The first kappa shape index (κ1) is 16.3. The van der Waals surface area contributed by atoms with E-state index >= 15 is 0 Å². The molecule has 2 N–H and O–H groups in total. The summed E-state index contributed by atoms with van der Waals surface area (Å²) in [5.74, 6) is 0.994. The van der Waals surface area contributed by atoms with Crippen LogP contribution in [0.4, 0.5) is 5.82 Å². The highest BCUT2D eigenvalue weighted by atomic mass is 35.5. The van der Waals surface area contributed by atoms with Crippen LogP contribution in [0.5, 0.6) is 0 Å². The predicted molar refractivity (Wildman–Crippen MR) is 99.0 cm³/mol. The number of nitrogens with zero attached hydrogens (tertiary/aromatic N) is 5. The van der Waals surface area contributed by atoms with Gasteiger partial charge in [-0.2, -0.15) is 9.67 Å². The zero-order chi connectivity index (χ0) is 18.3. The highest BCUT2D eigenvalue weighted by molar-refractivity contribution is 6.30. The summed E-state index contributed by atoms with van der Waals surface area (Å²) in [7, 11) is 0. The zero-order valence-corrected chi connectivity index (χ0v) is 14.9. The molecule has 0 saturated carbocycles. The van der Waals surface area contributed by atoms with Crippen LogP contribution in [0.15, 0.2) is 47.0 Å². The standard InChI is InChI=1S/C18H15ClN6O/c1-10-5-3-4-6-13(10)17-21-18(26-23-17)15-16(20)25(24-22-15)14-9-12(19)8-7-11(14)2/h3-9H,20H2,1-2H3. The third-order valence-corrected chi connectivity index (χ3v) is 4.35. The van der Waals surface area contributed by atoms with Crippen molar-refractivity contribution in [3.8, 4) is 28.7 Å². The molecule has 7 nitrogen and oxygen atoms in total. The van der Waals surface area contributed by atoms with Crippen LogP contribution < -0.4 is 5.73 Å². The Bertz CT molecular complexity index is 1100. The summed E-state index contributed by atoms with van der Waals surface area (Å²) < 4.78 is 6.87. The van der Waals surface area contributed by atoms with Gasteiger partial charge in [0.25, 0.3) is 5.89 Å². The molecule has 0 aliphatic heterocycles. The van der Waals surface area contributed by atoms with Crippen molar-refractivity contribution in [1.82, 2.24) is 25.1 Å². The molecule has 4 aromatic rings. The van der Waals surface area contributed by atoms with E-state index in [1.165, 1.54) is 4.68 Å². The maximum atomic E-state index is 6.23. The SMILES string of the molecule is Cc1ccccc1-c1noc(-c2nnn(-c3cc(Cl)ccc3C)c2N)n1. The van der Waals surface area contributed by atoms with Crippen molar-refractivity contribution in [2.75, 3.05) is 5.73 Å². The van der Waals surface area contributed by atoms with Gasteiger partial charge < -0.3 is 10.3 Å². The van der Waals surface area contributed by atoms with Crippen LogP contribution in [0, 0.1) is 13.8 Å². The van der Waals surface area contributed by atoms with Crippen molar-refractivity contribution >= 4 is 17.4 Å². The first-order valence-electron chi connectivity index (χ1n) is 7.92. The molecule has 0 unspecified atom stereocenters. The lowest BCUT2D eigenvalue weighted by Crippen LogP contribution is -2.04. The molecule has 2 aromatic heterocycles. The maximum Gasteiger partial charge on any atom is 0.282 e. The van der Waals surface area contributed by atoms with Gasteiger partial charge in [-0.05, 0) is 37.1 Å². The minimum atomic E-state index is 0.215. The lowest BCUT2D eigenvalue weighted by molar-refractivity contribution is 0.431. The molecule has 2 heterocycles. The second kappa shape index (κ2) is 6.27. The Hall–Kier alpha value is -3.19. The maximum absolute atomic E-state index is 6.23. The van der Waals surface area contributed by atoms with Gasteiger partial charge >= 0.3 is 0 Å². The Balaban J connectivity index is 1.76. The fraction of sp³-hybridized carbons (Fsp3) is 0.111. The van der Waals surface area contributed by atoms with Gasteiger partial charge in [0.2, 0.25) is 5.82 Å². The van der Waals surface area contributed by atoms with Gasteiger partial charge in [0.05, 0.1) is 5.69 Å². The Morgan fingerprint density at radius 3 is 2.69 bits per heavy atom. The molecule has 0 bridgehead atoms. The van der Waals surface area contributed by atoms with Crippen molar-refractivity contribution in [2.24, 2.45) is 0 Å². The third-order valence-electron chi connectivity index (χ3n) is 4.12. The lowest BCUT2D eigenvalue weighted by Gasteiger charge is -2.07. The van der Waals surface area contributed by atoms with Crippen LogP contribution in [-0.4, -0.2) is 25.1 Å². The molecular formula is C18H15ClN6O. The normalized spacial score (nSPS) is 11.0. The van der Waals surface area contributed by atoms with Gasteiger partial charge in [0, 0.05) is 10.6 Å². The Morgan fingerprint density at radius 2 is 1.88 bits per heavy atom. The van der Waals surface area contributed by atoms with E-state index in [0.29, 0.717) is 22.4 Å². The van der Waals surface area contributed by atoms with Gasteiger partial charge in [-0.3, -0.25) is 0 Å². The summed E-state index contributed by atoms with van der Waals surface area (Å²) in [5, 5.41) is 12.9. The van der Waals surface area contributed by atoms with Gasteiger partial charge in [-0.15, -0.1) is 5.10 Å². The number of rotatable bonds is 3. The van der Waals surface area contributed by atoms with E-state index in [1.807, 2.05) is 44.2 Å². The third kappa shape index (κ3) is 2.72. The van der Waals surface area contributed by atoms with Crippen LogP contribution >= 0.6 is 11.6 Å². The summed E-state index contributed by atoms with van der Waals surface area (Å²) in [6.07, 6.45) is 0. The quantitative estimate of drug-likeness (QED) is 0.591. The molecule has 0 aliphatic rings. The topological polar surface area (TPSA) is 95.7 Å². The molecule has 0 amide bonds. The molecular weight excluding hydrogens is 352 g/mol. The predicted octanol–water partition coefficient (Wildman–Crippen LogP) is 3.84. The number of hydrogen-bond donors (Lipinski definition) is 1. The largest absolute Gasteiger partial charge is 0.382 e. The summed E-state index contributed by atoms with van der Waals surface area (Å²) >= 11 is 6.09. The van der Waals surface area contributed by atoms with Crippen LogP contribution in [0.25, 0.3) is 28.7 Å². The molecule has 0 atom stereocenters. The van der Waals surface area contributed by atoms with Crippen molar-refractivity contribution < 1.29 is 4.52 Å². The van der Waals surface area contributed by atoms with Crippen LogP contribution in [0.2, 0.25) is 5.02 Å². The minimum absolute atomic E-state index is 0.215. The fourth-order valence-corrected chi connectivity index (χ4v) is 2.85. The number of nitrogens with two attached hydrogens (primary N) is 1. The first-order chi connectivity index (χ1) is 12.5. The van der Waals surface area contributed by atoms with Crippen LogP contribution in [0.3, 0.4) is 0 Å². The first-order valence-corrected chi connectivity index (χ1v) is 8.30. The van der Waals surface area contributed by atoms with E-state index in [9.17, 15) is 0 Å². The summed E-state index contributed by atoms with van der Waals surface area (Å²) in [4.78, 5) is 4.42. The Morgan fingerprint density at radius 1 is 1.08 bits per heavy atom. The van der Waals surface area contributed by atoms with E-state index < -0.39 is 0 Å². The summed E-state index contributed by atoms with van der Waals surface area (Å²) in [6.45, 7) is 3.92. The lowest BCUT2D eigenvalue weighted by atomic mass is 10.1. The molecule has 8 heteroatoms. The number of benzene rings is 2. The van der Waals surface area contributed by atoms with Crippen LogP contribution in [-0.2, 0) is 0 Å². The van der Waals surface area contributed by atoms with Gasteiger partial charge in [0.15, 0.2) is 11.5 Å². The Labute approximate surface area is 154 Å². The van der Waals surface area contributed by atoms with E-state index in [1.54, 1.807) is 12.1 Å². The molecule has 130 valence electrons. The molecule has 0 radical (unpaired) electrons. The number of nitrogen functional groups attached to an aromatic ring is 1. The van der Waals surface area contributed by atoms with Crippen molar-refractivity contribution in [2.45, 2.75) is 13.8 Å². The monoisotopic (exact) mass is 366 g/mol. The molecule has 0 spiro atoms. The highest BCUT2D eigenvalue weighted by Gasteiger charge is 2.21. The van der Waals surface area contributed by atoms with Crippen molar-refractivity contribution in [3.63, 3.8) is 0 Å².